The van der Waals surface area contributed by atoms with Gasteiger partial charge in [0.25, 0.3) is 0 Å². The molecule has 0 spiro atoms. The Morgan fingerprint density at radius 1 is 0.933 bits per heavy atom. The lowest BCUT2D eigenvalue weighted by Crippen LogP contribution is -2.28. The van der Waals surface area contributed by atoms with Crippen molar-refractivity contribution in [3.05, 3.63) is 96.4 Å². The predicted molar refractivity (Wildman–Crippen MR) is 120 cm³/mol. The van der Waals surface area contributed by atoms with E-state index in [1.807, 2.05) is 48.8 Å². The molecule has 0 fully saturated rings. The largest absolute Gasteiger partial charge is 0.465 e. The number of nitrogens with zero attached hydrogens (tertiary/aromatic N) is 3. The fourth-order valence-electron chi connectivity index (χ4n) is 3.76. The number of amides is 1. The van der Waals surface area contributed by atoms with E-state index in [-0.39, 0.29) is 0 Å². The van der Waals surface area contributed by atoms with Crippen molar-refractivity contribution in [1.82, 2.24) is 9.55 Å². The average molecular weight is 399 g/mol. The topological polar surface area (TPSA) is 58.4 Å². The number of hydrogen-bond acceptors (Lipinski definition) is 2. The van der Waals surface area contributed by atoms with Gasteiger partial charge in [0, 0.05) is 36.3 Å². The van der Waals surface area contributed by atoms with Crippen molar-refractivity contribution in [3.63, 3.8) is 0 Å². The van der Waals surface area contributed by atoms with Crippen molar-refractivity contribution in [2.45, 2.75) is 32.4 Å². The normalized spacial score (nSPS) is 10.9. The van der Waals surface area contributed by atoms with Crippen LogP contribution in [0.2, 0.25) is 0 Å². The van der Waals surface area contributed by atoms with Crippen molar-refractivity contribution in [2.75, 3.05) is 4.90 Å². The summed E-state index contributed by atoms with van der Waals surface area (Å²) in [5.74, 6) is 0. The highest BCUT2D eigenvalue weighted by molar-refractivity contribution is 5.86. The van der Waals surface area contributed by atoms with Crippen LogP contribution in [0.15, 0.2) is 85.3 Å². The van der Waals surface area contributed by atoms with Crippen LogP contribution < -0.4 is 4.90 Å². The lowest BCUT2D eigenvalue weighted by Gasteiger charge is -2.19. The minimum Gasteiger partial charge on any atom is -0.465 e. The molecule has 152 valence electrons. The third-order valence-electron chi connectivity index (χ3n) is 5.34. The second kappa shape index (κ2) is 9.27. The number of para-hydroxylation sites is 1. The Morgan fingerprint density at radius 3 is 2.50 bits per heavy atom. The number of aromatic nitrogens is 2. The summed E-state index contributed by atoms with van der Waals surface area (Å²) >= 11 is 0. The summed E-state index contributed by atoms with van der Waals surface area (Å²) in [6.45, 7) is 1.30. The lowest BCUT2D eigenvalue weighted by atomic mass is 10.1. The molecule has 0 atom stereocenters. The molecular formula is C25H25N3O2. The van der Waals surface area contributed by atoms with Crippen LogP contribution in [0.5, 0.6) is 0 Å². The van der Waals surface area contributed by atoms with Gasteiger partial charge in [-0.05, 0) is 78.2 Å². The molecule has 4 rings (SSSR count). The number of rotatable bonds is 8. The lowest BCUT2D eigenvalue weighted by molar-refractivity contribution is 0.201. The van der Waals surface area contributed by atoms with Crippen molar-refractivity contribution < 1.29 is 9.90 Å². The molecule has 2 aromatic heterocycles. The first-order chi connectivity index (χ1) is 14.7. The van der Waals surface area contributed by atoms with E-state index in [2.05, 4.69) is 46.1 Å². The Morgan fingerprint density at radius 2 is 1.73 bits per heavy atom. The van der Waals surface area contributed by atoms with Gasteiger partial charge in [-0.1, -0.05) is 24.3 Å². The Balaban J connectivity index is 1.41. The molecule has 5 heteroatoms. The van der Waals surface area contributed by atoms with E-state index in [4.69, 9.17) is 0 Å². The Labute approximate surface area is 176 Å². The molecular weight excluding hydrogens is 374 g/mol. The van der Waals surface area contributed by atoms with E-state index >= 15 is 0 Å². The zero-order valence-electron chi connectivity index (χ0n) is 16.8. The molecule has 0 unspecified atom stereocenters. The molecule has 30 heavy (non-hydrogen) atoms. The minimum absolute atomic E-state index is 0.326. The maximum Gasteiger partial charge on any atom is 0.412 e. The highest BCUT2D eigenvalue weighted by atomic mass is 16.4. The van der Waals surface area contributed by atoms with Gasteiger partial charge in [-0.3, -0.25) is 9.88 Å². The number of anilines is 1. The summed E-state index contributed by atoms with van der Waals surface area (Å²) in [5.41, 5.74) is 4.17. The fraction of sp³-hybridized carbons (Fsp3) is 0.200. The van der Waals surface area contributed by atoms with Gasteiger partial charge >= 0.3 is 6.09 Å². The Hall–Kier alpha value is -3.60. The summed E-state index contributed by atoms with van der Waals surface area (Å²) in [7, 11) is 0. The van der Waals surface area contributed by atoms with Gasteiger partial charge in [-0.25, -0.2) is 4.79 Å². The first-order valence-corrected chi connectivity index (χ1v) is 10.2. The number of carboxylic acid groups (broad SMARTS) is 1. The summed E-state index contributed by atoms with van der Waals surface area (Å²) in [6, 6.07) is 21.7. The molecule has 0 aliphatic rings. The van der Waals surface area contributed by atoms with E-state index in [0.29, 0.717) is 12.2 Å². The fourth-order valence-corrected chi connectivity index (χ4v) is 3.76. The number of unbranched alkanes of at least 4 members (excludes halogenated alkanes) is 1. The van der Waals surface area contributed by atoms with Gasteiger partial charge in [0.15, 0.2) is 0 Å². The highest BCUT2D eigenvalue weighted by Gasteiger charge is 2.15. The maximum absolute atomic E-state index is 11.7. The first-order valence-electron chi connectivity index (χ1n) is 10.2. The van der Waals surface area contributed by atoms with Gasteiger partial charge in [-0.2, -0.15) is 0 Å². The second-order valence-corrected chi connectivity index (χ2v) is 7.42. The molecule has 1 amide bonds. The van der Waals surface area contributed by atoms with Crippen LogP contribution in [-0.4, -0.2) is 20.8 Å². The average Bonchev–Trinajstić information content (AvgIpc) is 3.18. The van der Waals surface area contributed by atoms with E-state index in [9.17, 15) is 9.90 Å². The zero-order chi connectivity index (χ0) is 20.8. The quantitative estimate of drug-likeness (QED) is 0.384. The number of fused-ring (bicyclic) bond motifs is 1. The van der Waals surface area contributed by atoms with Crippen LogP contribution >= 0.6 is 0 Å². The summed E-state index contributed by atoms with van der Waals surface area (Å²) in [4.78, 5) is 17.2. The third-order valence-corrected chi connectivity index (χ3v) is 5.34. The van der Waals surface area contributed by atoms with Gasteiger partial charge in [0.2, 0.25) is 0 Å². The van der Waals surface area contributed by atoms with Gasteiger partial charge in [0.05, 0.1) is 6.54 Å². The Kier molecular flexibility index (Phi) is 6.09. The van der Waals surface area contributed by atoms with E-state index in [0.717, 1.165) is 36.8 Å². The summed E-state index contributed by atoms with van der Waals surface area (Å²) < 4.78 is 2.28. The number of aryl methyl sites for hydroxylation is 2. The molecule has 2 aromatic carbocycles. The number of hydrogen-bond donors (Lipinski definition) is 1. The van der Waals surface area contributed by atoms with Crippen LogP contribution in [0.4, 0.5) is 10.5 Å². The zero-order valence-corrected chi connectivity index (χ0v) is 16.8. The standard InChI is InChI=1S/C25H25N3O2/c29-25(30)28(23-7-2-1-3-8-23)19-21-9-10-24-22(18-21)13-17-27(24)16-5-4-6-20-11-14-26-15-12-20/h1-3,7-15,17-18H,4-6,16,19H2,(H,29,30). The number of pyridine rings is 1. The molecule has 0 bridgehead atoms. The van der Waals surface area contributed by atoms with Crippen molar-refractivity contribution in [1.29, 1.82) is 0 Å². The minimum atomic E-state index is -0.951. The smallest absolute Gasteiger partial charge is 0.412 e. The molecule has 0 aliphatic carbocycles. The SMILES string of the molecule is O=C(O)N(Cc1ccc2c(ccn2CCCCc2ccncc2)c1)c1ccccc1. The van der Waals surface area contributed by atoms with E-state index in [1.54, 1.807) is 0 Å². The third kappa shape index (κ3) is 4.69. The second-order valence-electron chi connectivity index (χ2n) is 7.42. The van der Waals surface area contributed by atoms with E-state index in [1.165, 1.54) is 16.0 Å². The molecule has 0 radical (unpaired) electrons. The van der Waals surface area contributed by atoms with Gasteiger partial charge in [-0.15, -0.1) is 0 Å². The molecule has 0 aliphatic heterocycles. The Bertz CT molecular complexity index is 1110. The van der Waals surface area contributed by atoms with Crippen LogP contribution in [0, 0.1) is 0 Å². The first kappa shape index (κ1) is 19.7. The van der Waals surface area contributed by atoms with Crippen molar-refractivity contribution in [2.24, 2.45) is 0 Å². The predicted octanol–water partition coefficient (Wildman–Crippen LogP) is 5.74. The molecule has 1 N–H and O–H groups in total. The van der Waals surface area contributed by atoms with Crippen LogP contribution in [0.3, 0.4) is 0 Å². The van der Waals surface area contributed by atoms with Crippen LogP contribution in [-0.2, 0) is 19.5 Å². The van der Waals surface area contributed by atoms with Crippen LogP contribution in [0.25, 0.3) is 10.9 Å². The summed E-state index contributed by atoms with van der Waals surface area (Å²) in [5, 5.41) is 10.8. The molecule has 2 heterocycles. The van der Waals surface area contributed by atoms with E-state index < -0.39 is 6.09 Å². The molecule has 4 aromatic rings. The van der Waals surface area contributed by atoms with Gasteiger partial charge in [0.1, 0.15) is 0 Å². The maximum atomic E-state index is 11.7. The highest BCUT2D eigenvalue weighted by Crippen LogP contribution is 2.22. The monoisotopic (exact) mass is 399 g/mol. The molecule has 5 nitrogen and oxygen atoms in total. The van der Waals surface area contributed by atoms with Crippen molar-refractivity contribution >= 4 is 22.7 Å². The van der Waals surface area contributed by atoms with Crippen LogP contribution in [0.1, 0.15) is 24.0 Å². The number of benzene rings is 2. The number of carbonyl (C=O) groups is 1. The van der Waals surface area contributed by atoms with Gasteiger partial charge < -0.3 is 9.67 Å². The summed E-state index contributed by atoms with van der Waals surface area (Å²) in [6.07, 6.45) is 8.16. The van der Waals surface area contributed by atoms with Crippen molar-refractivity contribution in [3.8, 4) is 0 Å². The molecule has 0 saturated carbocycles. The molecule has 0 saturated heterocycles.